The van der Waals surface area contributed by atoms with Crippen LogP contribution in [0.3, 0.4) is 0 Å². The lowest BCUT2D eigenvalue weighted by molar-refractivity contribution is -0.138. The number of rotatable bonds is 9. The van der Waals surface area contributed by atoms with Crippen LogP contribution in [0.5, 0.6) is 0 Å². The molecule has 0 radical (unpaired) electrons. The van der Waals surface area contributed by atoms with E-state index in [1.54, 1.807) is 31.2 Å². The number of carboxylic acids is 1. The van der Waals surface area contributed by atoms with Crippen LogP contribution < -0.4 is 0 Å². The SMILES string of the molecule is COCc1cc(-c2nc(-c3ccc(CN(C)CC(=O)O)cc3F)no2)ccc1-c1ccccc1C. The van der Waals surface area contributed by atoms with Crippen LogP contribution in [-0.4, -0.2) is 46.8 Å². The third kappa shape index (κ3) is 5.62. The van der Waals surface area contributed by atoms with Gasteiger partial charge in [-0.25, -0.2) is 4.39 Å². The van der Waals surface area contributed by atoms with Gasteiger partial charge in [0, 0.05) is 19.2 Å². The second kappa shape index (κ2) is 10.6. The van der Waals surface area contributed by atoms with Gasteiger partial charge in [-0.3, -0.25) is 9.69 Å². The number of aryl methyl sites for hydroxylation is 1. The molecule has 0 saturated heterocycles. The zero-order valence-electron chi connectivity index (χ0n) is 19.8. The van der Waals surface area contributed by atoms with E-state index >= 15 is 0 Å². The van der Waals surface area contributed by atoms with Gasteiger partial charge in [0.1, 0.15) is 5.82 Å². The molecule has 0 fully saturated rings. The van der Waals surface area contributed by atoms with Crippen molar-refractivity contribution in [2.45, 2.75) is 20.1 Å². The molecule has 8 heteroatoms. The van der Waals surface area contributed by atoms with Crippen LogP contribution in [0.1, 0.15) is 16.7 Å². The van der Waals surface area contributed by atoms with Gasteiger partial charge in [0.15, 0.2) is 0 Å². The fourth-order valence-corrected chi connectivity index (χ4v) is 4.03. The van der Waals surface area contributed by atoms with Crippen molar-refractivity contribution in [3.05, 3.63) is 83.2 Å². The Morgan fingerprint density at radius 2 is 1.86 bits per heavy atom. The predicted octanol–water partition coefficient (Wildman–Crippen LogP) is 5.18. The number of carboxylic acid groups (broad SMARTS) is 1. The number of likely N-dealkylation sites (N-methyl/N-ethyl adjacent to an activating group) is 1. The van der Waals surface area contributed by atoms with E-state index in [9.17, 15) is 9.18 Å². The quantitative estimate of drug-likeness (QED) is 0.357. The zero-order chi connectivity index (χ0) is 24.9. The van der Waals surface area contributed by atoms with Gasteiger partial charge in [0.05, 0.1) is 18.7 Å². The standard InChI is InChI=1S/C27H26FN3O4/c1-17-6-4-5-7-21(17)22-11-9-19(13-20(22)16-34-3)27-29-26(30-35-27)23-10-8-18(12-24(23)28)14-31(2)15-25(32)33/h4-13H,14-16H2,1-3H3,(H,32,33). The number of ether oxygens (including phenoxy) is 1. The summed E-state index contributed by atoms with van der Waals surface area (Å²) in [5.41, 5.74) is 5.87. The van der Waals surface area contributed by atoms with Gasteiger partial charge in [-0.15, -0.1) is 0 Å². The van der Waals surface area contributed by atoms with Crippen LogP contribution in [0, 0.1) is 12.7 Å². The number of benzene rings is 3. The van der Waals surface area contributed by atoms with Crippen molar-refractivity contribution in [3.63, 3.8) is 0 Å². The zero-order valence-corrected chi connectivity index (χ0v) is 19.8. The van der Waals surface area contributed by atoms with Gasteiger partial charge in [-0.1, -0.05) is 41.6 Å². The lowest BCUT2D eigenvalue weighted by Crippen LogP contribution is -2.25. The van der Waals surface area contributed by atoms with Crippen LogP contribution in [0.15, 0.2) is 65.2 Å². The Labute approximate surface area is 202 Å². The Bertz CT molecular complexity index is 1350. The normalized spacial score (nSPS) is 11.2. The number of carbonyl (C=O) groups is 1. The Hall–Kier alpha value is -3.88. The first-order valence-corrected chi connectivity index (χ1v) is 11.1. The van der Waals surface area contributed by atoms with E-state index in [-0.39, 0.29) is 23.8 Å². The highest BCUT2D eigenvalue weighted by molar-refractivity contribution is 5.74. The summed E-state index contributed by atoms with van der Waals surface area (Å²) in [6.45, 7) is 2.64. The topological polar surface area (TPSA) is 88.7 Å². The fraction of sp³-hybridized carbons (Fsp3) is 0.222. The van der Waals surface area contributed by atoms with Crippen molar-refractivity contribution in [3.8, 4) is 34.0 Å². The largest absolute Gasteiger partial charge is 0.480 e. The second-order valence-corrected chi connectivity index (χ2v) is 8.42. The number of hydrogen-bond acceptors (Lipinski definition) is 6. The molecule has 4 aromatic rings. The minimum absolute atomic E-state index is 0.134. The molecule has 0 saturated carbocycles. The summed E-state index contributed by atoms with van der Waals surface area (Å²) in [5.74, 6) is -1.03. The highest BCUT2D eigenvalue weighted by Gasteiger charge is 2.17. The van der Waals surface area contributed by atoms with Crippen molar-refractivity contribution in [1.29, 1.82) is 0 Å². The lowest BCUT2D eigenvalue weighted by Gasteiger charge is -2.14. The number of hydrogen-bond donors (Lipinski definition) is 1. The Morgan fingerprint density at radius 3 is 2.57 bits per heavy atom. The van der Waals surface area contributed by atoms with Crippen molar-refractivity contribution < 1.29 is 23.6 Å². The van der Waals surface area contributed by atoms with Gasteiger partial charge in [-0.05, 0) is 66.1 Å². The van der Waals surface area contributed by atoms with E-state index in [4.69, 9.17) is 14.4 Å². The van der Waals surface area contributed by atoms with Gasteiger partial charge in [0.2, 0.25) is 5.82 Å². The van der Waals surface area contributed by atoms with Crippen molar-refractivity contribution in [2.24, 2.45) is 0 Å². The maximum Gasteiger partial charge on any atom is 0.317 e. The molecule has 0 bridgehead atoms. The summed E-state index contributed by atoms with van der Waals surface area (Å²) in [7, 11) is 3.30. The molecule has 0 aliphatic heterocycles. The van der Waals surface area contributed by atoms with Crippen molar-refractivity contribution >= 4 is 5.97 Å². The molecule has 0 spiro atoms. The molecule has 1 heterocycles. The van der Waals surface area contributed by atoms with E-state index in [1.165, 1.54) is 6.07 Å². The molecule has 1 aromatic heterocycles. The molecule has 180 valence electrons. The van der Waals surface area contributed by atoms with Gasteiger partial charge >= 0.3 is 5.97 Å². The van der Waals surface area contributed by atoms with Crippen LogP contribution in [0.2, 0.25) is 0 Å². The first-order chi connectivity index (χ1) is 16.9. The van der Waals surface area contributed by atoms with Crippen molar-refractivity contribution in [2.75, 3.05) is 20.7 Å². The average Bonchev–Trinajstić information content (AvgIpc) is 3.29. The average molecular weight is 476 g/mol. The maximum absolute atomic E-state index is 14.8. The third-order valence-electron chi connectivity index (χ3n) is 5.65. The molecular weight excluding hydrogens is 449 g/mol. The maximum atomic E-state index is 14.8. The molecule has 7 nitrogen and oxygen atoms in total. The minimum atomic E-state index is -0.940. The monoisotopic (exact) mass is 475 g/mol. The highest BCUT2D eigenvalue weighted by atomic mass is 19.1. The molecule has 35 heavy (non-hydrogen) atoms. The van der Waals surface area contributed by atoms with Crippen LogP contribution in [0.4, 0.5) is 4.39 Å². The third-order valence-corrected chi connectivity index (χ3v) is 5.65. The van der Waals surface area contributed by atoms with Crippen LogP contribution >= 0.6 is 0 Å². The van der Waals surface area contributed by atoms with Gasteiger partial charge in [-0.2, -0.15) is 4.98 Å². The molecule has 0 aliphatic carbocycles. The first-order valence-electron chi connectivity index (χ1n) is 11.1. The summed E-state index contributed by atoms with van der Waals surface area (Å²) in [4.78, 5) is 16.8. The molecule has 0 atom stereocenters. The molecule has 1 N–H and O–H groups in total. The van der Waals surface area contributed by atoms with E-state index in [1.807, 2.05) is 30.3 Å². The molecule has 0 unspecified atom stereocenters. The van der Waals surface area contributed by atoms with Crippen LogP contribution in [0.25, 0.3) is 34.0 Å². The van der Waals surface area contributed by atoms with Crippen molar-refractivity contribution in [1.82, 2.24) is 15.0 Å². The summed E-state index contributed by atoms with van der Waals surface area (Å²) in [6, 6.07) is 18.6. The second-order valence-electron chi connectivity index (χ2n) is 8.42. The van der Waals surface area contributed by atoms with Gasteiger partial charge in [0.25, 0.3) is 5.89 Å². The molecule has 3 aromatic carbocycles. The summed E-state index contributed by atoms with van der Waals surface area (Å²) >= 11 is 0. The Morgan fingerprint density at radius 1 is 1.09 bits per heavy atom. The Kier molecular flexibility index (Phi) is 7.33. The van der Waals surface area contributed by atoms with Gasteiger partial charge < -0.3 is 14.4 Å². The summed E-state index contributed by atoms with van der Waals surface area (Å²) in [5, 5.41) is 12.9. The van der Waals surface area contributed by atoms with E-state index in [0.717, 1.165) is 22.3 Å². The highest BCUT2D eigenvalue weighted by Crippen LogP contribution is 2.32. The van der Waals surface area contributed by atoms with E-state index in [2.05, 4.69) is 29.2 Å². The lowest BCUT2D eigenvalue weighted by atomic mass is 9.94. The summed E-state index contributed by atoms with van der Waals surface area (Å²) in [6.07, 6.45) is 0. The number of halogens is 1. The molecular formula is C27H26FN3O4. The molecule has 0 aliphatic rings. The number of nitrogens with zero attached hydrogens (tertiary/aromatic N) is 3. The number of aromatic nitrogens is 2. The number of aliphatic carboxylic acids is 1. The molecule has 4 rings (SSSR count). The minimum Gasteiger partial charge on any atom is -0.480 e. The first kappa shape index (κ1) is 24.3. The molecule has 0 amide bonds. The van der Waals surface area contributed by atoms with Crippen LogP contribution in [-0.2, 0) is 22.7 Å². The smallest absolute Gasteiger partial charge is 0.317 e. The van der Waals surface area contributed by atoms with E-state index < -0.39 is 11.8 Å². The van der Waals surface area contributed by atoms with E-state index in [0.29, 0.717) is 24.3 Å². The Balaban J connectivity index is 1.60. The predicted molar refractivity (Wildman–Crippen MR) is 130 cm³/mol. The fourth-order valence-electron chi connectivity index (χ4n) is 4.03. The number of methoxy groups -OCH3 is 1. The summed E-state index contributed by atoms with van der Waals surface area (Å²) < 4.78 is 25.7.